The zero-order chi connectivity index (χ0) is 16.2. The molecule has 0 aromatic carbocycles. The number of carbonyl (C=O) groups is 1. The van der Waals surface area contributed by atoms with E-state index in [1.165, 1.54) is 57.8 Å². The predicted molar refractivity (Wildman–Crippen MR) is 94.3 cm³/mol. The summed E-state index contributed by atoms with van der Waals surface area (Å²) in [6.45, 7) is 0.810. The van der Waals surface area contributed by atoms with Crippen LogP contribution in [0.25, 0.3) is 0 Å². The highest BCUT2D eigenvalue weighted by Gasteiger charge is 2.38. The second-order valence-corrected chi connectivity index (χ2v) is 8.28. The molecule has 4 nitrogen and oxygen atoms in total. The molecule has 3 aliphatic rings. The molecule has 0 aromatic rings. The summed E-state index contributed by atoms with van der Waals surface area (Å²) in [7, 11) is 4.32. The number of likely N-dealkylation sites (N-methyl/N-ethyl adjacent to an activating group) is 1. The topological polar surface area (TPSA) is 44.4 Å². The van der Waals surface area contributed by atoms with E-state index in [0.29, 0.717) is 12.1 Å². The van der Waals surface area contributed by atoms with E-state index >= 15 is 0 Å². The molecule has 2 saturated carbocycles. The largest absolute Gasteiger partial charge is 0.353 e. The highest BCUT2D eigenvalue weighted by atomic mass is 16.2. The van der Waals surface area contributed by atoms with Crippen LogP contribution in [0.3, 0.4) is 0 Å². The Morgan fingerprint density at radius 3 is 2.48 bits per heavy atom. The summed E-state index contributed by atoms with van der Waals surface area (Å²) in [5.74, 6) is 1.72. The van der Waals surface area contributed by atoms with E-state index in [4.69, 9.17) is 0 Å². The molecule has 4 heteroatoms. The molecule has 1 saturated heterocycles. The van der Waals surface area contributed by atoms with Gasteiger partial charge in [-0.3, -0.25) is 4.79 Å². The summed E-state index contributed by atoms with van der Waals surface area (Å²) >= 11 is 0. The first-order valence-electron chi connectivity index (χ1n) is 9.85. The van der Waals surface area contributed by atoms with Gasteiger partial charge in [0.05, 0.1) is 6.04 Å². The fraction of sp³-hybridized carbons (Fsp3) is 0.947. The second-order valence-electron chi connectivity index (χ2n) is 8.28. The van der Waals surface area contributed by atoms with Crippen molar-refractivity contribution in [2.75, 3.05) is 20.6 Å². The number of hydrogen-bond acceptors (Lipinski definition) is 3. The average molecular weight is 322 g/mol. The number of fused-ring (bicyclic) bond motifs is 1. The monoisotopic (exact) mass is 321 g/mol. The smallest absolute Gasteiger partial charge is 0.237 e. The molecule has 1 amide bonds. The lowest BCUT2D eigenvalue weighted by molar-refractivity contribution is -0.123. The molecule has 132 valence electrons. The van der Waals surface area contributed by atoms with Crippen LogP contribution in [0.15, 0.2) is 0 Å². The van der Waals surface area contributed by atoms with E-state index in [1.54, 1.807) is 0 Å². The number of carbonyl (C=O) groups excluding carboxylic acids is 1. The second kappa shape index (κ2) is 7.98. The third-order valence-corrected chi connectivity index (χ3v) is 6.52. The Morgan fingerprint density at radius 1 is 1.09 bits per heavy atom. The van der Waals surface area contributed by atoms with Crippen LogP contribution in [-0.2, 0) is 4.79 Å². The van der Waals surface area contributed by atoms with Crippen molar-refractivity contribution in [3.63, 3.8) is 0 Å². The molecule has 0 aromatic heterocycles. The first-order valence-corrected chi connectivity index (χ1v) is 9.85. The number of rotatable bonds is 5. The van der Waals surface area contributed by atoms with Crippen molar-refractivity contribution in [2.24, 2.45) is 11.8 Å². The zero-order valence-electron chi connectivity index (χ0n) is 15.0. The van der Waals surface area contributed by atoms with Crippen LogP contribution in [0.2, 0.25) is 0 Å². The minimum absolute atomic E-state index is 0.0530. The van der Waals surface area contributed by atoms with Crippen molar-refractivity contribution in [1.29, 1.82) is 0 Å². The molecule has 4 atom stereocenters. The minimum atomic E-state index is 0.0530. The van der Waals surface area contributed by atoms with Crippen molar-refractivity contribution in [2.45, 2.75) is 82.3 Å². The Hall–Kier alpha value is -0.610. The van der Waals surface area contributed by atoms with Gasteiger partial charge in [-0.2, -0.15) is 0 Å². The third-order valence-electron chi connectivity index (χ3n) is 6.52. The van der Waals surface area contributed by atoms with E-state index in [-0.39, 0.29) is 11.9 Å². The number of amides is 1. The molecule has 1 aliphatic heterocycles. The number of hydrogen-bond donors (Lipinski definition) is 2. The van der Waals surface area contributed by atoms with Gasteiger partial charge in [-0.1, -0.05) is 32.1 Å². The molecule has 23 heavy (non-hydrogen) atoms. The van der Waals surface area contributed by atoms with Crippen LogP contribution >= 0.6 is 0 Å². The van der Waals surface area contributed by atoms with Gasteiger partial charge in [0.1, 0.15) is 0 Å². The average Bonchev–Trinajstić information content (AvgIpc) is 2.99. The Bertz CT molecular complexity index is 378. The molecule has 0 spiro atoms. The van der Waals surface area contributed by atoms with Gasteiger partial charge in [-0.25, -0.2) is 0 Å². The molecule has 0 bridgehead atoms. The van der Waals surface area contributed by atoms with Crippen molar-refractivity contribution >= 4 is 5.91 Å². The maximum atomic E-state index is 12.6. The van der Waals surface area contributed by atoms with E-state index in [2.05, 4.69) is 29.6 Å². The Kier molecular flexibility index (Phi) is 5.97. The Morgan fingerprint density at radius 2 is 1.78 bits per heavy atom. The van der Waals surface area contributed by atoms with Gasteiger partial charge in [0.25, 0.3) is 0 Å². The van der Waals surface area contributed by atoms with Gasteiger partial charge < -0.3 is 15.5 Å². The van der Waals surface area contributed by atoms with E-state index in [0.717, 1.165) is 24.8 Å². The number of nitrogens with one attached hydrogen (secondary N) is 2. The van der Waals surface area contributed by atoms with Gasteiger partial charge in [-0.15, -0.1) is 0 Å². The molecule has 4 unspecified atom stereocenters. The SMILES string of the molecule is CN(C)C(CNC(=O)C1CC2CCCCC2N1)C1CCCCC1. The Balaban J connectivity index is 1.48. The lowest BCUT2D eigenvalue weighted by Gasteiger charge is -2.35. The molecular weight excluding hydrogens is 286 g/mol. The van der Waals surface area contributed by atoms with Crippen LogP contribution in [0.4, 0.5) is 0 Å². The summed E-state index contributed by atoms with van der Waals surface area (Å²) in [6, 6.07) is 1.14. The first-order chi connectivity index (χ1) is 11.1. The van der Waals surface area contributed by atoms with E-state index in [9.17, 15) is 4.79 Å². The fourth-order valence-electron chi connectivity index (χ4n) is 5.14. The van der Waals surface area contributed by atoms with Crippen molar-refractivity contribution in [1.82, 2.24) is 15.5 Å². The lowest BCUT2D eigenvalue weighted by Crippen LogP contribution is -2.49. The van der Waals surface area contributed by atoms with Gasteiger partial charge >= 0.3 is 0 Å². The fourth-order valence-corrected chi connectivity index (χ4v) is 5.14. The molecule has 0 radical (unpaired) electrons. The summed E-state index contributed by atoms with van der Waals surface area (Å²) < 4.78 is 0. The molecule has 2 aliphatic carbocycles. The highest BCUT2D eigenvalue weighted by Crippen LogP contribution is 2.33. The van der Waals surface area contributed by atoms with Gasteiger partial charge in [0, 0.05) is 18.6 Å². The van der Waals surface area contributed by atoms with E-state index in [1.807, 2.05) is 0 Å². The van der Waals surface area contributed by atoms with Crippen LogP contribution < -0.4 is 10.6 Å². The molecule has 1 heterocycles. The standard InChI is InChI=1S/C19H35N3O/c1-22(2)18(14-8-4-3-5-9-14)13-20-19(23)17-12-15-10-6-7-11-16(15)21-17/h14-18,21H,3-13H2,1-2H3,(H,20,23). The Labute approximate surface area is 141 Å². The van der Waals surface area contributed by atoms with Crippen LogP contribution in [-0.4, -0.2) is 49.6 Å². The summed E-state index contributed by atoms with van der Waals surface area (Å²) in [5, 5.41) is 6.87. The van der Waals surface area contributed by atoms with Crippen molar-refractivity contribution in [3.05, 3.63) is 0 Å². The lowest BCUT2D eigenvalue weighted by atomic mass is 9.83. The van der Waals surface area contributed by atoms with E-state index < -0.39 is 0 Å². The minimum Gasteiger partial charge on any atom is -0.353 e. The van der Waals surface area contributed by atoms with Gasteiger partial charge in [0.15, 0.2) is 0 Å². The molecule has 2 N–H and O–H groups in total. The summed E-state index contributed by atoms with van der Waals surface area (Å²) in [6.07, 6.45) is 13.0. The maximum Gasteiger partial charge on any atom is 0.237 e. The molecular formula is C19H35N3O. The zero-order valence-corrected chi connectivity index (χ0v) is 15.0. The first kappa shape index (κ1) is 17.2. The maximum absolute atomic E-state index is 12.6. The highest BCUT2D eigenvalue weighted by molar-refractivity contribution is 5.82. The number of nitrogens with zero attached hydrogens (tertiary/aromatic N) is 1. The van der Waals surface area contributed by atoms with Crippen molar-refractivity contribution in [3.8, 4) is 0 Å². The summed E-state index contributed by atoms with van der Waals surface area (Å²) in [4.78, 5) is 14.9. The predicted octanol–water partition coefficient (Wildman–Crippen LogP) is 2.53. The summed E-state index contributed by atoms with van der Waals surface area (Å²) in [5.41, 5.74) is 0. The van der Waals surface area contributed by atoms with Gasteiger partial charge in [0.2, 0.25) is 5.91 Å². The van der Waals surface area contributed by atoms with Crippen LogP contribution in [0, 0.1) is 11.8 Å². The van der Waals surface area contributed by atoms with Gasteiger partial charge in [-0.05, 0) is 58.0 Å². The normalized spacial score (nSPS) is 33.4. The van der Waals surface area contributed by atoms with Crippen LogP contribution in [0.1, 0.15) is 64.2 Å². The molecule has 3 rings (SSSR count). The molecule has 3 fully saturated rings. The third kappa shape index (κ3) is 4.27. The van der Waals surface area contributed by atoms with Crippen molar-refractivity contribution < 1.29 is 4.79 Å². The van der Waals surface area contributed by atoms with Crippen LogP contribution in [0.5, 0.6) is 0 Å². The quantitative estimate of drug-likeness (QED) is 0.818.